The minimum absolute atomic E-state index is 0.863. The summed E-state index contributed by atoms with van der Waals surface area (Å²) in [6.07, 6.45) is 0. The van der Waals surface area contributed by atoms with Gasteiger partial charge in [-0.3, -0.25) is 0 Å². The predicted octanol–water partition coefficient (Wildman–Crippen LogP) is 15.8. The maximum Gasteiger partial charge on any atom is 0.145 e. The number of rotatable bonds is 6. The molecule has 2 heterocycles. The Kier molecular flexibility index (Phi) is 7.54. The van der Waals surface area contributed by atoms with E-state index in [1.807, 2.05) is 0 Å². The molecule has 12 rings (SSSR count). The maximum absolute atomic E-state index is 6.87. The van der Waals surface area contributed by atoms with E-state index < -0.39 is 0 Å². The number of fused-ring (bicyclic) bond motifs is 9. The minimum atomic E-state index is 0.863. The average molecular weight is 753 g/mol. The van der Waals surface area contributed by atoms with Crippen LogP contribution in [0.25, 0.3) is 93.2 Å². The van der Waals surface area contributed by atoms with Crippen LogP contribution in [0.15, 0.2) is 223 Å². The molecule has 0 aliphatic carbocycles. The lowest BCUT2D eigenvalue weighted by Gasteiger charge is -2.27. The first-order valence-corrected chi connectivity index (χ1v) is 20.2. The summed E-state index contributed by atoms with van der Waals surface area (Å²) in [4.78, 5) is 2.38. The lowest BCUT2D eigenvalue weighted by molar-refractivity contribution is 0.670. The van der Waals surface area contributed by atoms with E-state index >= 15 is 0 Å². The SMILES string of the molecule is c1ccc(N(c2cccc(-c3cc4ccccc4c4ccccc34)c2)c2ccc(-c3ccc(-n4c5ccccc5c5ccccc54)cc3)c3oc4ccccc4c23)cc1. The molecule has 0 atom stereocenters. The van der Waals surface area contributed by atoms with Crippen molar-refractivity contribution in [3.8, 4) is 27.9 Å². The highest BCUT2D eigenvalue weighted by atomic mass is 16.3. The standard InChI is InChI=1S/C56H36N2O/c1-2-17-40(18-3-1)57(42-19-14-16-38(35-42)50-36-39-15-4-5-20-43(39)45-21-6-7-22-46(45)50)53-34-33-44(56-55(53)49-25-10-13-28-54(49)59-56)37-29-31-41(32-30-37)58-51-26-11-8-23-47(51)48-24-9-12-27-52(48)58/h1-36H. The Bertz CT molecular complexity index is 3500. The summed E-state index contributed by atoms with van der Waals surface area (Å²) >= 11 is 0. The number of nitrogens with zero attached hydrogens (tertiary/aromatic N) is 2. The fourth-order valence-electron chi connectivity index (χ4n) is 9.33. The van der Waals surface area contributed by atoms with E-state index in [0.29, 0.717) is 0 Å². The molecule has 0 unspecified atom stereocenters. The van der Waals surface area contributed by atoms with Gasteiger partial charge in [-0.15, -0.1) is 0 Å². The van der Waals surface area contributed by atoms with Crippen LogP contribution in [-0.2, 0) is 0 Å². The summed E-state index contributed by atoms with van der Waals surface area (Å²) in [6.45, 7) is 0. The van der Waals surface area contributed by atoms with Crippen LogP contribution in [0.3, 0.4) is 0 Å². The van der Waals surface area contributed by atoms with Crippen LogP contribution in [0, 0.1) is 0 Å². The van der Waals surface area contributed by atoms with Crippen LogP contribution in [0.1, 0.15) is 0 Å². The fourth-order valence-corrected chi connectivity index (χ4v) is 9.33. The summed E-state index contributed by atoms with van der Waals surface area (Å²) in [6, 6.07) is 78.6. The molecule has 0 bridgehead atoms. The van der Waals surface area contributed by atoms with Gasteiger partial charge >= 0.3 is 0 Å². The second-order valence-corrected chi connectivity index (χ2v) is 15.3. The molecule has 10 aromatic carbocycles. The summed E-state index contributed by atoms with van der Waals surface area (Å²) < 4.78 is 9.23. The quantitative estimate of drug-likeness (QED) is 0.158. The van der Waals surface area contributed by atoms with Gasteiger partial charge in [-0.1, -0.05) is 146 Å². The number of hydrogen-bond donors (Lipinski definition) is 0. The third-order valence-corrected chi connectivity index (χ3v) is 12.0. The normalized spacial score (nSPS) is 11.7. The summed E-state index contributed by atoms with van der Waals surface area (Å²) in [7, 11) is 0. The molecule has 0 spiro atoms. The molecule has 12 aromatic rings. The second kappa shape index (κ2) is 13.4. The van der Waals surface area contributed by atoms with E-state index in [2.05, 4.69) is 228 Å². The monoisotopic (exact) mass is 752 g/mol. The highest BCUT2D eigenvalue weighted by molar-refractivity contribution is 6.18. The molecule has 0 aliphatic rings. The van der Waals surface area contributed by atoms with E-state index in [1.54, 1.807) is 0 Å². The Morgan fingerprint density at radius 3 is 1.75 bits per heavy atom. The molecule has 276 valence electrons. The summed E-state index contributed by atoms with van der Waals surface area (Å²) in [5.41, 5.74) is 13.0. The highest BCUT2D eigenvalue weighted by Gasteiger charge is 2.23. The van der Waals surface area contributed by atoms with Crippen molar-refractivity contribution in [2.24, 2.45) is 0 Å². The van der Waals surface area contributed by atoms with Crippen LogP contribution in [0.2, 0.25) is 0 Å². The number of anilines is 3. The molecule has 3 heteroatoms. The molecule has 0 radical (unpaired) electrons. The van der Waals surface area contributed by atoms with Crippen molar-refractivity contribution >= 4 is 82.4 Å². The molecule has 0 saturated carbocycles. The second-order valence-electron chi connectivity index (χ2n) is 15.3. The Balaban J connectivity index is 1.04. The van der Waals surface area contributed by atoms with Crippen molar-refractivity contribution in [2.75, 3.05) is 4.90 Å². The van der Waals surface area contributed by atoms with Crippen molar-refractivity contribution in [3.05, 3.63) is 218 Å². The lowest BCUT2D eigenvalue weighted by atomic mass is 9.93. The Labute approximate surface area is 341 Å². The Morgan fingerprint density at radius 1 is 0.373 bits per heavy atom. The van der Waals surface area contributed by atoms with Gasteiger partial charge in [-0.25, -0.2) is 0 Å². The Morgan fingerprint density at radius 2 is 0.983 bits per heavy atom. The molecule has 59 heavy (non-hydrogen) atoms. The zero-order valence-corrected chi connectivity index (χ0v) is 32.1. The first kappa shape index (κ1) is 33.3. The molecular formula is C56H36N2O. The maximum atomic E-state index is 6.87. The fraction of sp³-hybridized carbons (Fsp3) is 0. The van der Waals surface area contributed by atoms with Gasteiger partial charge in [0.1, 0.15) is 11.2 Å². The average Bonchev–Trinajstić information content (AvgIpc) is 3.86. The molecule has 3 nitrogen and oxygen atoms in total. The molecule has 0 amide bonds. The smallest absolute Gasteiger partial charge is 0.145 e. The first-order chi connectivity index (χ1) is 29.3. The molecule has 0 saturated heterocycles. The number of hydrogen-bond acceptors (Lipinski definition) is 2. The Hall–Kier alpha value is -7.88. The van der Waals surface area contributed by atoms with E-state index in [0.717, 1.165) is 55.8 Å². The number of aromatic nitrogens is 1. The number of para-hydroxylation sites is 4. The van der Waals surface area contributed by atoms with Crippen molar-refractivity contribution in [1.29, 1.82) is 0 Å². The zero-order chi connectivity index (χ0) is 38.9. The third-order valence-electron chi connectivity index (χ3n) is 12.0. The number of furan rings is 1. The van der Waals surface area contributed by atoms with Crippen molar-refractivity contribution < 1.29 is 4.42 Å². The van der Waals surface area contributed by atoms with Gasteiger partial charge in [0.05, 0.1) is 22.1 Å². The molecule has 0 aliphatic heterocycles. The van der Waals surface area contributed by atoms with Crippen LogP contribution in [0.4, 0.5) is 17.1 Å². The number of benzene rings is 10. The molecular weight excluding hydrogens is 717 g/mol. The van der Waals surface area contributed by atoms with E-state index in [-0.39, 0.29) is 0 Å². The molecule has 2 aromatic heterocycles. The van der Waals surface area contributed by atoms with Gasteiger partial charge in [0.25, 0.3) is 0 Å². The first-order valence-electron chi connectivity index (χ1n) is 20.2. The van der Waals surface area contributed by atoms with Gasteiger partial charge in [0.15, 0.2) is 0 Å². The van der Waals surface area contributed by atoms with Gasteiger partial charge in [-0.2, -0.15) is 0 Å². The van der Waals surface area contributed by atoms with Crippen LogP contribution >= 0.6 is 0 Å². The van der Waals surface area contributed by atoms with E-state index in [1.165, 1.54) is 54.5 Å². The van der Waals surface area contributed by atoms with Gasteiger partial charge in [-0.05, 0) is 111 Å². The predicted molar refractivity (Wildman–Crippen MR) is 249 cm³/mol. The van der Waals surface area contributed by atoms with Crippen LogP contribution in [-0.4, -0.2) is 4.57 Å². The molecule has 0 fully saturated rings. The highest BCUT2D eigenvalue weighted by Crippen LogP contribution is 2.47. The molecule has 0 N–H and O–H groups in total. The lowest BCUT2D eigenvalue weighted by Crippen LogP contribution is -2.10. The third kappa shape index (κ3) is 5.29. The summed E-state index contributed by atoms with van der Waals surface area (Å²) in [5.74, 6) is 0. The van der Waals surface area contributed by atoms with Crippen molar-refractivity contribution in [1.82, 2.24) is 4.57 Å². The van der Waals surface area contributed by atoms with Gasteiger partial charge in [0.2, 0.25) is 0 Å². The van der Waals surface area contributed by atoms with Crippen molar-refractivity contribution in [3.63, 3.8) is 0 Å². The largest absolute Gasteiger partial charge is 0.455 e. The summed E-state index contributed by atoms with van der Waals surface area (Å²) in [5, 5.41) is 9.68. The van der Waals surface area contributed by atoms with Gasteiger partial charge in [0, 0.05) is 38.8 Å². The van der Waals surface area contributed by atoms with Crippen molar-refractivity contribution in [2.45, 2.75) is 0 Å². The minimum Gasteiger partial charge on any atom is -0.455 e. The topological polar surface area (TPSA) is 21.3 Å². The van der Waals surface area contributed by atoms with E-state index in [4.69, 9.17) is 4.42 Å². The van der Waals surface area contributed by atoms with Gasteiger partial charge < -0.3 is 13.9 Å². The van der Waals surface area contributed by atoms with E-state index in [9.17, 15) is 0 Å². The van der Waals surface area contributed by atoms with Crippen LogP contribution < -0.4 is 4.90 Å². The zero-order valence-electron chi connectivity index (χ0n) is 32.1. The van der Waals surface area contributed by atoms with Crippen LogP contribution in [0.5, 0.6) is 0 Å².